The van der Waals surface area contributed by atoms with E-state index in [9.17, 15) is 10.2 Å². The first-order valence-electron chi connectivity index (χ1n) is 8.57. The minimum Gasteiger partial charge on any atom is -0.508 e. The van der Waals surface area contributed by atoms with Gasteiger partial charge in [-0.1, -0.05) is 64.3 Å². The maximum absolute atomic E-state index is 9.61. The molecule has 0 heterocycles. The van der Waals surface area contributed by atoms with Crippen molar-refractivity contribution in [2.24, 2.45) is 5.92 Å². The second-order valence-corrected chi connectivity index (χ2v) is 6.69. The van der Waals surface area contributed by atoms with Crippen molar-refractivity contribution in [3.63, 3.8) is 0 Å². The van der Waals surface area contributed by atoms with E-state index in [1.54, 1.807) is 24.3 Å². The van der Waals surface area contributed by atoms with Gasteiger partial charge in [-0.25, -0.2) is 0 Å². The summed E-state index contributed by atoms with van der Waals surface area (Å²) in [5.41, 5.74) is 2.25. The highest BCUT2D eigenvalue weighted by molar-refractivity contribution is 5.42. The van der Waals surface area contributed by atoms with E-state index in [2.05, 4.69) is 20.8 Å². The predicted molar refractivity (Wildman–Crippen MR) is 96.0 cm³/mol. The molecule has 0 saturated carbocycles. The molecule has 1 atom stereocenters. The lowest BCUT2D eigenvalue weighted by molar-refractivity contribution is 0.339. The summed E-state index contributed by atoms with van der Waals surface area (Å²) in [4.78, 5) is 0. The number of aromatic hydroxyl groups is 2. The highest BCUT2D eigenvalue weighted by atomic mass is 16.3. The van der Waals surface area contributed by atoms with Gasteiger partial charge < -0.3 is 10.2 Å². The van der Waals surface area contributed by atoms with Crippen LogP contribution in [-0.2, 0) is 5.41 Å². The normalized spacial score (nSPS) is 13.0. The minimum absolute atomic E-state index is 0.144. The van der Waals surface area contributed by atoms with Crippen LogP contribution in [0.15, 0.2) is 48.5 Å². The summed E-state index contributed by atoms with van der Waals surface area (Å²) in [6, 6.07) is 15.1. The van der Waals surface area contributed by atoms with Gasteiger partial charge in [0.2, 0.25) is 0 Å². The second kappa shape index (κ2) is 7.54. The zero-order valence-electron chi connectivity index (χ0n) is 14.4. The average Bonchev–Trinajstić information content (AvgIpc) is 2.55. The van der Waals surface area contributed by atoms with Gasteiger partial charge in [0, 0.05) is 5.41 Å². The third kappa shape index (κ3) is 3.87. The van der Waals surface area contributed by atoms with E-state index >= 15 is 0 Å². The molecule has 2 nitrogen and oxygen atoms in total. The molecule has 2 N–H and O–H groups in total. The first kappa shape index (κ1) is 17.4. The summed E-state index contributed by atoms with van der Waals surface area (Å²) in [6.45, 7) is 6.79. The largest absolute Gasteiger partial charge is 0.508 e. The van der Waals surface area contributed by atoms with Crippen molar-refractivity contribution in [1.29, 1.82) is 0 Å². The molecular weight excluding hydrogens is 284 g/mol. The average molecular weight is 312 g/mol. The maximum Gasteiger partial charge on any atom is 0.115 e. The Morgan fingerprint density at radius 2 is 1.26 bits per heavy atom. The van der Waals surface area contributed by atoms with Gasteiger partial charge >= 0.3 is 0 Å². The Bertz CT molecular complexity index is 553. The number of hydrogen-bond donors (Lipinski definition) is 2. The third-order valence-electron chi connectivity index (χ3n) is 5.16. The third-order valence-corrected chi connectivity index (χ3v) is 5.16. The molecule has 0 fully saturated rings. The summed E-state index contributed by atoms with van der Waals surface area (Å²) in [6.07, 6.45) is 4.86. The molecule has 1 unspecified atom stereocenters. The van der Waals surface area contributed by atoms with Crippen molar-refractivity contribution < 1.29 is 10.2 Å². The standard InChI is InChI=1S/C21H28O2/c1-4-5-6-7-16(2)21(3,17-8-12-19(22)13-9-17)18-10-14-20(23)15-11-18/h8-16,22-23H,4-7H2,1-3H3. The number of phenols is 2. The van der Waals surface area contributed by atoms with E-state index in [1.807, 2.05) is 24.3 Å². The first-order valence-corrected chi connectivity index (χ1v) is 8.57. The highest BCUT2D eigenvalue weighted by Crippen LogP contribution is 2.42. The number of phenolic OH excluding ortho intramolecular Hbond substituents is 2. The van der Waals surface area contributed by atoms with Gasteiger partial charge in [-0.15, -0.1) is 0 Å². The van der Waals surface area contributed by atoms with Crippen molar-refractivity contribution in [2.45, 2.75) is 51.9 Å². The molecule has 0 saturated heterocycles. The van der Waals surface area contributed by atoms with Gasteiger partial charge in [0.15, 0.2) is 0 Å². The fourth-order valence-corrected chi connectivity index (χ4v) is 3.34. The van der Waals surface area contributed by atoms with Crippen molar-refractivity contribution in [3.05, 3.63) is 59.7 Å². The van der Waals surface area contributed by atoms with Crippen LogP contribution in [0.1, 0.15) is 57.6 Å². The number of rotatable bonds is 7. The van der Waals surface area contributed by atoms with Gasteiger partial charge in [-0.2, -0.15) is 0 Å². The van der Waals surface area contributed by atoms with Gasteiger partial charge in [0.05, 0.1) is 0 Å². The van der Waals surface area contributed by atoms with E-state index in [1.165, 1.54) is 30.4 Å². The number of hydrogen-bond acceptors (Lipinski definition) is 2. The van der Waals surface area contributed by atoms with Gasteiger partial charge in [0.1, 0.15) is 11.5 Å². The van der Waals surface area contributed by atoms with Crippen LogP contribution in [0.4, 0.5) is 0 Å². The van der Waals surface area contributed by atoms with Crippen molar-refractivity contribution in [2.75, 3.05) is 0 Å². The van der Waals surface area contributed by atoms with Crippen LogP contribution in [-0.4, -0.2) is 10.2 Å². The molecule has 0 bridgehead atoms. The minimum atomic E-state index is -0.144. The smallest absolute Gasteiger partial charge is 0.115 e. The maximum atomic E-state index is 9.61. The molecule has 23 heavy (non-hydrogen) atoms. The van der Waals surface area contributed by atoms with E-state index in [-0.39, 0.29) is 5.41 Å². The van der Waals surface area contributed by atoms with Gasteiger partial charge in [0.25, 0.3) is 0 Å². The summed E-state index contributed by atoms with van der Waals surface area (Å²) < 4.78 is 0. The zero-order valence-corrected chi connectivity index (χ0v) is 14.4. The summed E-state index contributed by atoms with van der Waals surface area (Å²) in [5.74, 6) is 1.05. The Kier molecular flexibility index (Phi) is 5.70. The molecule has 0 aliphatic rings. The molecule has 2 aromatic rings. The zero-order chi connectivity index (χ0) is 16.9. The van der Waals surface area contributed by atoms with Crippen molar-refractivity contribution in [3.8, 4) is 11.5 Å². The Balaban J connectivity index is 2.40. The van der Waals surface area contributed by atoms with Crippen LogP contribution in [0.5, 0.6) is 11.5 Å². The molecule has 0 spiro atoms. The molecule has 0 amide bonds. The quantitative estimate of drug-likeness (QED) is 0.651. The topological polar surface area (TPSA) is 40.5 Å². The van der Waals surface area contributed by atoms with Crippen molar-refractivity contribution in [1.82, 2.24) is 0 Å². The van der Waals surface area contributed by atoms with Gasteiger partial charge in [-0.05, 0) is 47.7 Å². The van der Waals surface area contributed by atoms with Crippen LogP contribution in [0, 0.1) is 5.92 Å². The number of benzene rings is 2. The fourth-order valence-electron chi connectivity index (χ4n) is 3.34. The SMILES string of the molecule is CCCCCC(C)C(C)(c1ccc(O)cc1)c1ccc(O)cc1. The molecule has 124 valence electrons. The number of unbranched alkanes of at least 4 members (excludes halogenated alkanes) is 2. The lowest BCUT2D eigenvalue weighted by atomic mass is 9.66. The Labute approximate surface area is 139 Å². The first-order chi connectivity index (χ1) is 11.0. The Morgan fingerprint density at radius 3 is 1.65 bits per heavy atom. The molecule has 0 radical (unpaired) electrons. The lowest BCUT2D eigenvalue weighted by Crippen LogP contribution is -2.31. The molecule has 0 aromatic heterocycles. The predicted octanol–water partition coefficient (Wildman–Crippen LogP) is 5.62. The van der Waals surface area contributed by atoms with E-state index in [4.69, 9.17) is 0 Å². The van der Waals surface area contributed by atoms with E-state index < -0.39 is 0 Å². The molecule has 2 rings (SSSR count). The van der Waals surface area contributed by atoms with Gasteiger partial charge in [-0.3, -0.25) is 0 Å². The van der Waals surface area contributed by atoms with Crippen molar-refractivity contribution >= 4 is 0 Å². The van der Waals surface area contributed by atoms with Crippen LogP contribution in [0.25, 0.3) is 0 Å². The molecular formula is C21H28O2. The summed E-state index contributed by atoms with van der Waals surface area (Å²) >= 11 is 0. The molecule has 2 aromatic carbocycles. The molecule has 0 aliphatic heterocycles. The monoisotopic (exact) mass is 312 g/mol. The van der Waals surface area contributed by atoms with Crippen LogP contribution >= 0.6 is 0 Å². The van der Waals surface area contributed by atoms with E-state index in [0.717, 1.165) is 6.42 Å². The van der Waals surface area contributed by atoms with E-state index in [0.29, 0.717) is 17.4 Å². The second-order valence-electron chi connectivity index (χ2n) is 6.69. The Hall–Kier alpha value is -1.96. The van der Waals surface area contributed by atoms with Crippen LogP contribution in [0.2, 0.25) is 0 Å². The summed E-state index contributed by atoms with van der Waals surface area (Å²) in [7, 11) is 0. The lowest BCUT2D eigenvalue weighted by Gasteiger charge is -2.37. The molecule has 0 aliphatic carbocycles. The summed E-state index contributed by atoms with van der Waals surface area (Å²) in [5, 5.41) is 19.2. The van der Waals surface area contributed by atoms with Crippen LogP contribution in [0.3, 0.4) is 0 Å². The molecule has 2 heteroatoms. The van der Waals surface area contributed by atoms with Crippen LogP contribution < -0.4 is 0 Å². The highest BCUT2D eigenvalue weighted by Gasteiger charge is 2.34. The Morgan fingerprint density at radius 1 is 0.826 bits per heavy atom. The fraction of sp³-hybridized carbons (Fsp3) is 0.429.